The lowest BCUT2D eigenvalue weighted by Gasteiger charge is -2.23. The van der Waals surface area contributed by atoms with Crippen molar-refractivity contribution >= 4 is 0 Å². The van der Waals surface area contributed by atoms with Crippen molar-refractivity contribution in [1.82, 2.24) is 5.32 Å². The van der Waals surface area contributed by atoms with E-state index in [1.165, 1.54) is 11.1 Å². The first-order chi connectivity index (χ1) is 8.90. The molecule has 1 aliphatic rings. The number of benzene rings is 1. The van der Waals surface area contributed by atoms with Gasteiger partial charge in [-0.2, -0.15) is 0 Å². The molecule has 3 heteroatoms. The Hall–Kier alpha value is -0.900. The third kappa shape index (κ3) is 4.09. The largest absolute Gasteiger partial charge is 0.381 e. The summed E-state index contributed by atoms with van der Waals surface area (Å²) in [5.41, 5.74) is 2.71. The molecular formula is C15H23NO2. The van der Waals surface area contributed by atoms with Gasteiger partial charge in [0, 0.05) is 13.2 Å². The quantitative estimate of drug-likeness (QED) is 0.838. The molecular weight excluding hydrogens is 226 g/mol. The van der Waals surface area contributed by atoms with Gasteiger partial charge in [-0.1, -0.05) is 24.3 Å². The van der Waals surface area contributed by atoms with Gasteiger partial charge >= 0.3 is 0 Å². The number of hydrogen-bond acceptors (Lipinski definition) is 3. The first-order valence-corrected chi connectivity index (χ1v) is 6.81. The molecule has 100 valence electrons. The van der Waals surface area contributed by atoms with Gasteiger partial charge in [-0.3, -0.25) is 0 Å². The zero-order valence-electron chi connectivity index (χ0n) is 11.2. The van der Waals surface area contributed by atoms with E-state index in [9.17, 15) is 0 Å². The molecule has 0 bridgehead atoms. The Morgan fingerprint density at radius 3 is 2.67 bits per heavy atom. The zero-order valence-corrected chi connectivity index (χ0v) is 11.2. The van der Waals surface area contributed by atoms with E-state index in [0.29, 0.717) is 6.10 Å². The predicted molar refractivity (Wildman–Crippen MR) is 72.7 cm³/mol. The highest BCUT2D eigenvalue weighted by molar-refractivity contribution is 5.26. The zero-order chi connectivity index (χ0) is 12.6. The van der Waals surface area contributed by atoms with Crippen LogP contribution in [0.3, 0.4) is 0 Å². The SMILES string of the molecule is CNCCc1ccccc1COC1CCOCC1. The molecule has 1 aliphatic heterocycles. The van der Waals surface area contributed by atoms with Crippen LogP contribution in [0.1, 0.15) is 24.0 Å². The number of likely N-dealkylation sites (N-methyl/N-ethyl adjacent to an activating group) is 1. The summed E-state index contributed by atoms with van der Waals surface area (Å²) in [6.07, 6.45) is 3.48. The maximum absolute atomic E-state index is 5.99. The van der Waals surface area contributed by atoms with Crippen molar-refractivity contribution in [2.75, 3.05) is 26.8 Å². The maximum atomic E-state index is 5.99. The number of hydrogen-bond donors (Lipinski definition) is 1. The third-order valence-electron chi connectivity index (χ3n) is 3.41. The number of rotatable bonds is 6. The van der Waals surface area contributed by atoms with Crippen molar-refractivity contribution in [1.29, 1.82) is 0 Å². The van der Waals surface area contributed by atoms with Crippen LogP contribution in [0.15, 0.2) is 24.3 Å². The summed E-state index contributed by atoms with van der Waals surface area (Å²) in [5, 5.41) is 3.19. The Balaban J connectivity index is 1.87. The predicted octanol–water partition coefficient (Wildman–Crippen LogP) is 2.14. The van der Waals surface area contributed by atoms with Crippen LogP contribution in [0.5, 0.6) is 0 Å². The highest BCUT2D eigenvalue weighted by Crippen LogP contribution is 2.16. The van der Waals surface area contributed by atoms with Gasteiger partial charge in [0.1, 0.15) is 0 Å². The van der Waals surface area contributed by atoms with Crippen molar-refractivity contribution < 1.29 is 9.47 Å². The molecule has 0 spiro atoms. The van der Waals surface area contributed by atoms with Gasteiger partial charge in [-0.25, -0.2) is 0 Å². The Morgan fingerprint density at radius 1 is 1.22 bits per heavy atom. The third-order valence-corrected chi connectivity index (χ3v) is 3.41. The molecule has 0 radical (unpaired) electrons. The fourth-order valence-corrected chi connectivity index (χ4v) is 2.25. The molecule has 1 aromatic carbocycles. The van der Waals surface area contributed by atoms with Gasteiger partial charge in [0.25, 0.3) is 0 Å². The number of nitrogens with one attached hydrogen (secondary N) is 1. The van der Waals surface area contributed by atoms with E-state index in [1.807, 2.05) is 7.05 Å². The van der Waals surface area contributed by atoms with Gasteiger partial charge in [-0.05, 0) is 44.0 Å². The average molecular weight is 249 g/mol. The van der Waals surface area contributed by atoms with Crippen LogP contribution in [-0.2, 0) is 22.5 Å². The van der Waals surface area contributed by atoms with Gasteiger partial charge in [-0.15, -0.1) is 0 Å². The van der Waals surface area contributed by atoms with Crippen LogP contribution in [0.25, 0.3) is 0 Å². The van der Waals surface area contributed by atoms with Crippen LogP contribution in [0.4, 0.5) is 0 Å². The monoisotopic (exact) mass is 249 g/mol. The van der Waals surface area contributed by atoms with Crippen molar-refractivity contribution in [3.8, 4) is 0 Å². The second-order valence-electron chi connectivity index (χ2n) is 4.74. The molecule has 0 amide bonds. The molecule has 1 N–H and O–H groups in total. The van der Waals surface area contributed by atoms with Gasteiger partial charge in [0.05, 0.1) is 12.7 Å². The molecule has 0 aromatic heterocycles. The topological polar surface area (TPSA) is 30.5 Å². The van der Waals surface area contributed by atoms with Crippen molar-refractivity contribution in [2.24, 2.45) is 0 Å². The first-order valence-electron chi connectivity index (χ1n) is 6.81. The lowest BCUT2D eigenvalue weighted by molar-refractivity contribution is -0.0392. The van der Waals surface area contributed by atoms with Crippen LogP contribution in [0, 0.1) is 0 Å². The smallest absolute Gasteiger partial charge is 0.0723 e. The maximum Gasteiger partial charge on any atom is 0.0723 e. The van der Waals surface area contributed by atoms with Crippen molar-refractivity contribution in [2.45, 2.75) is 32.0 Å². The molecule has 1 heterocycles. The summed E-state index contributed by atoms with van der Waals surface area (Å²) < 4.78 is 11.3. The second-order valence-corrected chi connectivity index (χ2v) is 4.74. The normalized spacial score (nSPS) is 16.9. The summed E-state index contributed by atoms with van der Waals surface area (Å²) in [7, 11) is 1.99. The van der Waals surface area contributed by atoms with Gasteiger partial charge < -0.3 is 14.8 Å². The standard InChI is InChI=1S/C15H23NO2/c1-16-9-6-13-4-2-3-5-14(13)12-18-15-7-10-17-11-8-15/h2-5,15-16H,6-12H2,1H3. The van der Waals surface area contributed by atoms with Gasteiger partial charge in [0.2, 0.25) is 0 Å². The van der Waals surface area contributed by atoms with Crippen LogP contribution in [0.2, 0.25) is 0 Å². The molecule has 1 fully saturated rings. The van der Waals surface area contributed by atoms with Crippen molar-refractivity contribution in [3.63, 3.8) is 0 Å². The lowest BCUT2D eigenvalue weighted by Crippen LogP contribution is -2.23. The molecule has 2 rings (SSSR count). The van der Waals surface area contributed by atoms with Crippen LogP contribution >= 0.6 is 0 Å². The highest BCUT2D eigenvalue weighted by atomic mass is 16.5. The van der Waals surface area contributed by atoms with Crippen LogP contribution < -0.4 is 5.32 Å². The minimum atomic E-state index is 0.371. The van der Waals surface area contributed by atoms with E-state index in [1.54, 1.807) is 0 Å². The van der Waals surface area contributed by atoms with Gasteiger partial charge in [0.15, 0.2) is 0 Å². The number of ether oxygens (including phenoxy) is 2. The molecule has 0 unspecified atom stereocenters. The molecule has 1 aromatic rings. The molecule has 18 heavy (non-hydrogen) atoms. The minimum Gasteiger partial charge on any atom is -0.381 e. The van der Waals surface area contributed by atoms with E-state index >= 15 is 0 Å². The summed E-state index contributed by atoms with van der Waals surface area (Å²) in [6, 6.07) is 8.55. The van der Waals surface area contributed by atoms with Crippen LogP contribution in [-0.4, -0.2) is 32.9 Å². The second kappa shape index (κ2) is 7.52. The van der Waals surface area contributed by atoms with E-state index in [2.05, 4.69) is 29.6 Å². The average Bonchev–Trinajstić information content (AvgIpc) is 2.45. The summed E-state index contributed by atoms with van der Waals surface area (Å²) in [5.74, 6) is 0. The fourth-order valence-electron chi connectivity index (χ4n) is 2.25. The van der Waals surface area contributed by atoms with E-state index < -0.39 is 0 Å². The molecule has 0 saturated carbocycles. The molecule has 0 aliphatic carbocycles. The molecule has 1 saturated heterocycles. The Morgan fingerprint density at radius 2 is 1.94 bits per heavy atom. The molecule has 0 atom stereocenters. The summed E-state index contributed by atoms with van der Waals surface area (Å²) >= 11 is 0. The Bertz CT molecular complexity index is 348. The first kappa shape index (κ1) is 13.5. The summed E-state index contributed by atoms with van der Waals surface area (Å²) in [4.78, 5) is 0. The summed E-state index contributed by atoms with van der Waals surface area (Å²) in [6.45, 7) is 3.41. The van der Waals surface area contributed by atoms with E-state index in [0.717, 1.165) is 45.6 Å². The van der Waals surface area contributed by atoms with E-state index in [-0.39, 0.29) is 0 Å². The van der Waals surface area contributed by atoms with Crippen molar-refractivity contribution in [3.05, 3.63) is 35.4 Å². The Kier molecular flexibility index (Phi) is 5.65. The Labute approximate surface area is 109 Å². The minimum absolute atomic E-state index is 0.371. The van der Waals surface area contributed by atoms with E-state index in [4.69, 9.17) is 9.47 Å². The highest BCUT2D eigenvalue weighted by Gasteiger charge is 2.14. The lowest BCUT2D eigenvalue weighted by atomic mass is 10.0. The molecule has 3 nitrogen and oxygen atoms in total. The fraction of sp³-hybridized carbons (Fsp3) is 0.600.